The van der Waals surface area contributed by atoms with Crippen LogP contribution in [0.3, 0.4) is 0 Å². The Morgan fingerprint density at radius 1 is 1.35 bits per heavy atom. The highest BCUT2D eigenvalue weighted by Crippen LogP contribution is 2.18. The van der Waals surface area contributed by atoms with E-state index in [4.69, 9.17) is 5.73 Å². The van der Waals surface area contributed by atoms with Gasteiger partial charge in [0.25, 0.3) is 0 Å². The van der Waals surface area contributed by atoms with Gasteiger partial charge in [-0.25, -0.2) is 8.42 Å². The van der Waals surface area contributed by atoms with Crippen LogP contribution in [0.25, 0.3) is 0 Å². The number of sulfone groups is 1. The van der Waals surface area contributed by atoms with Crippen molar-refractivity contribution in [1.82, 2.24) is 4.98 Å². The van der Waals surface area contributed by atoms with Crippen molar-refractivity contribution < 1.29 is 8.42 Å². The normalized spacial score (nSPS) is 12.6. The van der Waals surface area contributed by atoms with E-state index in [-0.39, 0.29) is 5.75 Å². The predicted molar refractivity (Wildman–Crippen MR) is 70.5 cm³/mol. The molecule has 0 saturated carbocycles. The molecule has 1 rings (SSSR count). The van der Waals surface area contributed by atoms with Crippen LogP contribution in [-0.4, -0.2) is 23.9 Å². The van der Waals surface area contributed by atoms with Crippen molar-refractivity contribution in [2.45, 2.75) is 38.4 Å². The zero-order chi connectivity index (χ0) is 13.1. The smallest absolute Gasteiger partial charge is 0.155 e. The van der Waals surface area contributed by atoms with Crippen molar-refractivity contribution in [3.8, 4) is 0 Å². The number of nitrogens with two attached hydrogens (primary N) is 1. The van der Waals surface area contributed by atoms with Crippen molar-refractivity contribution in [3.05, 3.63) is 24.0 Å². The summed E-state index contributed by atoms with van der Waals surface area (Å²) in [5.74, 6) is 0.185. The minimum Gasteiger partial charge on any atom is -0.398 e. The summed E-state index contributed by atoms with van der Waals surface area (Å²) in [6.45, 7) is 5.17. The third-order valence-electron chi connectivity index (χ3n) is 2.73. The molecule has 4 nitrogen and oxygen atoms in total. The van der Waals surface area contributed by atoms with E-state index in [1.807, 2.05) is 0 Å². The molecule has 5 heteroatoms. The second kappa shape index (κ2) is 5.04. The highest BCUT2D eigenvalue weighted by molar-refractivity contribution is 7.92. The topological polar surface area (TPSA) is 73.0 Å². The molecule has 0 aliphatic carbocycles. The first-order valence-electron chi connectivity index (χ1n) is 5.65. The Bertz CT molecular complexity index is 476. The molecule has 0 fully saturated rings. The van der Waals surface area contributed by atoms with Gasteiger partial charge in [0, 0.05) is 18.1 Å². The Kier molecular flexibility index (Phi) is 4.14. The van der Waals surface area contributed by atoms with E-state index in [0.717, 1.165) is 5.56 Å². The fourth-order valence-electron chi connectivity index (χ4n) is 1.41. The second-order valence-corrected chi connectivity index (χ2v) is 7.97. The maximum absolute atomic E-state index is 11.9. The number of nitrogens with zero attached hydrogens (tertiary/aromatic N) is 1. The Labute approximate surface area is 103 Å². The zero-order valence-electron chi connectivity index (χ0n) is 10.6. The molecule has 0 saturated heterocycles. The monoisotopic (exact) mass is 256 g/mol. The molecule has 0 radical (unpaired) electrons. The van der Waals surface area contributed by atoms with Gasteiger partial charge in [-0.2, -0.15) is 0 Å². The van der Waals surface area contributed by atoms with Crippen molar-refractivity contribution in [2.75, 3.05) is 11.5 Å². The average molecular weight is 256 g/mol. The van der Waals surface area contributed by atoms with Gasteiger partial charge >= 0.3 is 0 Å². The first-order chi connectivity index (χ1) is 7.74. The summed E-state index contributed by atoms with van der Waals surface area (Å²) in [6, 6.07) is 1.73. The van der Waals surface area contributed by atoms with Gasteiger partial charge in [-0.15, -0.1) is 0 Å². The van der Waals surface area contributed by atoms with Crippen molar-refractivity contribution >= 4 is 15.5 Å². The molecule has 1 heterocycles. The average Bonchev–Trinajstić information content (AvgIpc) is 2.19. The summed E-state index contributed by atoms with van der Waals surface area (Å²) in [4.78, 5) is 3.98. The van der Waals surface area contributed by atoms with Crippen molar-refractivity contribution in [2.24, 2.45) is 0 Å². The van der Waals surface area contributed by atoms with E-state index in [0.29, 0.717) is 18.5 Å². The van der Waals surface area contributed by atoms with Crippen LogP contribution in [0, 0.1) is 0 Å². The SMILES string of the molecule is CC(C)(C)S(=O)(=O)CCCc1cnccc1N. The van der Waals surface area contributed by atoms with Crippen molar-refractivity contribution in [1.29, 1.82) is 0 Å². The molecular formula is C12H20N2O2S. The van der Waals surface area contributed by atoms with E-state index in [1.165, 1.54) is 0 Å². The van der Waals surface area contributed by atoms with Crippen LogP contribution in [0.15, 0.2) is 18.5 Å². The van der Waals surface area contributed by atoms with E-state index in [9.17, 15) is 8.42 Å². The number of rotatable bonds is 4. The molecule has 0 aliphatic heterocycles. The quantitative estimate of drug-likeness (QED) is 0.891. The van der Waals surface area contributed by atoms with E-state index >= 15 is 0 Å². The van der Waals surface area contributed by atoms with Gasteiger partial charge in [0.1, 0.15) is 0 Å². The Balaban J connectivity index is 2.58. The number of hydrogen-bond donors (Lipinski definition) is 1. The van der Waals surface area contributed by atoms with E-state index in [2.05, 4.69) is 4.98 Å². The van der Waals surface area contributed by atoms with Gasteiger partial charge in [0.2, 0.25) is 0 Å². The highest BCUT2D eigenvalue weighted by Gasteiger charge is 2.28. The summed E-state index contributed by atoms with van der Waals surface area (Å²) in [5.41, 5.74) is 7.35. The summed E-state index contributed by atoms with van der Waals surface area (Å²) in [5, 5.41) is 0. The number of aryl methyl sites for hydroxylation is 1. The maximum atomic E-state index is 11.9. The van der Waals surface area contributed by atoms with Gasteiger partial charge in [-0.1, -0.05) is 0 Å². The van der Waals surface area contributed by atoms with Crippen LogP contribution in [0.4, 0.5) is 5.69 Å². The molecule has 0 aliphatic rings. The molecule has 1 aromatic rings. The third kappa shape index (κ3) is 3.70. The Hall–Kier alpha value is -1.10. The summed E-state index contributed by atoms with van der Waals surface area (Å²) >= 11 is 0. The van der Waals surface area contributed by atoms with Crippen LogP contribution >= 0.6 is 0 Å². The van der Waals surface area contributed by atoms with Gasteiger partial charge < -0.3 is 5.73 Å². The van der Waals surface area contributed by atoms with E-state index < -0.39 is 14.6 Å². The van der Waals surface area contributed by atoms with Crippen molar-refractivity contribution in [3.63, 3.8) is 0 Å². The highest BCUT2D eigenvalue weighted by atomic mass is 32.2. The largest absolute Gasteiger partial charge is 0.398 e. The standard InChI is InChI=1S/C12H20N2O2S/c1-12(2,3)17(15,16)8-4-5-10-9-14-7-6-11(10)13/h6-7,9H,4-5,8H2,1-3H3,(H2,13,14). The molecule has 0 amide bonds. The van der Waals surface area contributed by atoms with Crippen LogP contribution in [0.5, 0.6) is 0 Å². The van der Waals surface area contributed by atoms with Gasteiger partial charge in [-0.05, 0) is 45.2 Å². The molecule has 17 heavy (non-hydrogen) atoms. The summed E-state index contributed by atoms with van der Waals surface area (Å²) < 4.78 is 23.1. The minimum absolute atomic E-state index is 0.185. The molecule has 0 spiro atoms. The summed E-state index contributed by atoms with van der Waals surface area (Å²) in [6.07, 6.45) is 4.55. The lowest BCUT2D eigenvalue weighted by Gasteiger charge is -2.19. The number of hydrogen-bond acceptors (Lipinski definition) is 4. The molecule has 1 aromatic heterocycles. The van der Waals surface area contributed by atoms with Crippen LogP contribution in [-0.2, 0) is 16.3 Å². The molecule has 0 bridgehead atoms. The predicted octanol–water partition coefficient (Wildman–Crippen LogP) is 1.81. The minimum atomic E-state index is -3.04. The number of aromatic nitrogens is 1. The lowest BCUT2D eigenvalue weighted by atomic mass is 10.1. The second-order valence-electron chi connectivity index (χ2n) is 5.11. The fourth-order valence-corrected chi connectivity index (χ4v) is 2.54. The molecule has 0 unspecified atom stereocenters. The lowest BCUT2D eigenvalue weighted by Crippen LogP contribution is -2.30. The number of pyridine rings is 1. The van der Waals surface area contributed by atoms with Crippen LogP contribution < -0.4 is 5.73 Å². The van der Waals surface area contributed by atoms with Gasteiger partial charge in [0.15, 0.2) is 9.84 Å². The summed E-state index contributed by atoms with van der Waals surface area (Å²) in [7, 11) is -3.04. The Morgan fingerprint density at radius 2 is 2.00 bits per heavy atom. The van der Waals surface area contributed by atoms with E-state index in [1.54, 1.807) is 39.2 Å². The number of anilines is 1. The first-order valence-corrected chi connectivity index (χ1v) is 7.30. The number of nitrogen functional groups attached to an aromatic ring is 1. The van der Waals surface area contributed by atoms with Crippen LogP contribution in [0.1, 0.15) is 32.8 Å². The molecule has 0 aromatic carbocycles. The Morgan fingerprint density at radius 3 is 2.53 bits per heavy atom. The first kappa shape index (κ1) is 14.0. The maximum Gasteiger partial charge on any atom is 0.155 e. The third-order valence-corrected chi connectivity index (χ3v) is 5.43. The zero-order valence-corrected chi connectivity index (χ0v) is 11.4. The van der Waals surface area contributed by atoms with Gasteiger partial charge in [0.05, 0.1) is 10.5 Å². The molecule has 2 N–H and O–H groups in total. The molecular weight excluding hydrogens is 236 g/mol. The molecule has 96 valence electrons. The van der Waals surface area contributed by atoms with Crippen LogP contribution in [0.2, 0.25) is 0 Å². The fraction of sp³-hybridized carbons (Fsp3) is 0.583. The lowest BCUT2D eigenvalue weighted by molar-refractivity contribution is 0.557. The van der Waals surface area contributed by atoms with Gasteiger partial charge in [-0.3, -0.25) is 4.98 Å². The molecule has 0 atom stereocenters.